The van der Waals surface area contributed by atoms with Gasteiger partial charge in [0.15, 0.2) is 0 Å². The number of aromatic nitrogens is 7. The zero-order valence-electron chi connectivity index (χ0n) is 21.3. The number of unbranched alkanes of at least 4 members (excludes halogenated alkanes) is 2. The molecule has 1 aliphatic carbocycles. The van der Waals surface area contributed by atoms with Crippen LogP contribution in [0.3, 0.4) is 0 Å². The number of carbonyl (C=O) groups is 1. The number of tetrazole rings is 1. The highest BCUT2D eigenvalue weighted by Gasteiger charge is 2.27. The first-order chi connectivity index (χ1) is 18.2. The third kappa shape index (κ3) is 5.45. The Balaban J connectivity index is 1.41. The van der Waals surface area contributed by atoms with Crippen LogP contribution in [0.2, 0.25) is 0 Å². The van der Waals surface area contributed by atoms with Gasteiger partial charge in [-0.2, -0.15) is 5.21 Å². The molecule has 0 bridgehead atoms. The van der Waals surface area contributed by atoms with Gasteiger partial charge in [0.2, 0.25) is 5.82 Å². The molecule has 0 saturated heterocycles. The van der Waals surface area contributed by atoms with E-state index in [0.717, 1.165) is 78.3 Å². The number of nitrogens with one attached hydrogen (secondary N) is 1. The molecular weight excluding hydrogens is 466 g/mol. The number of hydrogen-bond donors (Lipinski definition) is 1. The number of rotatable bonds is 9. The summed E-state index contributed by atoms with van der Waals surface area (Å²) in [6.07, 6.45) is 8.69. The molecule has 1 saturated carbocycles. The van der Waals surface area contributed by atoms with E-state index in [4.69, 9.17) is 0 Å². The molecule has 0 aliphatic heterocycles. The second-order valence-corrected chi connectivity index (χ2v) is 9.80. The summed E-state index contributed by atoms with van der Waals surface area (Å²) >= 11 is 0. The molecule has 5 rings (SSSR count). The molecule has 1 N–H and O–H groups in total. The minimum Gasteiger partial charge on any atom is -0.274 e. The summed E-state index contributed by atoms with van der Waals surface area (Å²) in [6.45, 7) is 2.53. The van der Waals surface area contributed by atoms with Crippen molar-refractivity contribution in [3.05, 3.63) is 70.4 Å². The first-order valence-corrected chi connectivity index (χ1v) is 13.3. The highest BCUT2D eigenvalue weighted by molar-refractivity contribution is 5.81. The number of carbonyl (C=O) groups excluding carboxylic acids is 1. The fourth-order valence-electron chi connectivity index (χ4n) is 5.16. The first kappa shape index (κ1) is 24.8. The Hall–Kier alpha value is -3.88. The molecule has 37 heavy (non-hydrogen) atoms. The monoisotopic (exact) mass is 499 g/mol. The minimum atomic E-state index is -0.325. The molecule has 9 nitrogen and oxygen atoms in total. The Morgan fingerprint density at radius 3 is 2.46 bits per heavy atom. The van der Waals surface area contributed by atoms with E-state index < -0.39 is 0 Å². The SMILES string of the molecule is CCCCCc1nn(C(=O)C2CCCCC2)c(=O)n1Cc1ccc(-c2ccccc2-c2nn[nH]n2)cc1. The van der Waals surface area contributed by atoms with E-state index in [1.807, 2.05) is 48.5 Å². The van der Waals surface area contributed by atoms with Crippen LogP contribution in [0.15, 0.2) is 53.3 Å². The van der Waals surface area contributed by atoms with Crippen LogP contribution >= 0.6 is 0 Å². The van der Waals surface area contributed by atoms with Gasteiger partial charge < -0.3 is 0 Å². The Morgan fingerprint density at radius 2 is 1.76 bits per heavy atom. The van der Waals surface area contributed by atoms with Crippen molar-refractivity contribution in [3.63, 3.8) is 0 Å². The van der Waals surface area contributed by atoms with Crippen molar-refractivity contribution in [3.8, 4) is 22.5 Å². The zero-order chi connectivity index (χ0) is 25.6. The third-order valence-electron chi connectivity index (χ3n) is 7.23. The number of nitrogens with zero attached hydrogens (tertiary/aromatic N) is 6. The standard InChI is InChI=1S/C28H33N7O2/c1-2-3-5-14-25-31-35(27(36)22-10-6-4-7-11-22)28(37)34(25)19-20-15-17-21(18-16-20)23-12-8-9-13-24(23)26-29-32-33-30-26/h8-9,12-13,15-18,22H,2-7,10-11,14,19H2,1H3,(H,29,30,32,33). The largest absolute Gasteiger partial charge is 0.353 e. The smallest absolute Gasteiger partial charge is 0.274 e. The maximum absolute atomic E-state index is 13.4. The fourth-order valence-corrected chi connectivity index (χ4v) is 5.16. The summed E-state index contributed by atoms with van der Waals surface area (Å²) in [5, 5.41) is 19.0. The van der Waals surface area contributed by atoms with Crippen molar-refractivity contribution in [1.82, 2.24) is 35.0 Å². The quantitative estimate of drug-likeness (QED) is 0.328. The molecular formula is C28H33N7O2. The van der Waals surface area contributed by atoms with Crippen molar-refractivity contribution in [2.45, 2.75) is 71.3 Å². The summed E-state index contributed by atoms with van der Waals surface area (Å²) in [5.74, 6) is 0.984. The maximum Gasteiger partial charge on any atom is 0.353 e. The van der Waals surface area contributed by atoms with Gasteiger partial charge in [-0.05, 0) is 41.2 Å². The first-order valence-electron chi connectivity index (χ1n) is 13.3. The molecule has 4 aromatic rings. The molecule has 0 atom stereocenters. The average molecular weight is 500 g/mol. The molecule has 0 unspecified atom stereocenters. The van der Waals surface area contributed by atoms with Gasteiger partial charge in [0.25, 0.3) is 5.91 Å². The van der Waals surface area contributed by atoms with Gasteiger partial charge in [-0.1, -0.05) is 87.6 Å². The predicted molar refractivity (Wildman–Crippen MR) is 141 cm³/mol. The average Bonchev–Trinajstić information content (AvgIpc) is 3.59. The third-order valence-corrected chi connectivity index (χ3v) is 7.23. The molecule has 192 valence electrons. The van der Waals surface area contributed by atoms with Crippen LogP contribution in [0, 0.1) is 5.92 Å². The molecule has 0 spiro atoms. The van der Waals surface area contributed by atoms with E-state index in [-0.39, 0.29) is 17.5 Å². The highest BCUT2D eigenvalue weighted by atomic mass is 16.2. The van der Waals surface area contributed by atoms with Crippen LogP contribution in [-0.4, -0.2) is 40.9 Å². The number of benzene rings is 2. The van der Waals surface area contributed by atoms with E-state index in [0.29, 0.717) is 24.6 Å². The van der Waals surface area contributed by atoms with Crippen molar-refractivity contribution in [1.29, 1.82) is 0 Å². The summed E-state index contributed by atoms with van der Waals surface area (Å²) in [4.78, 5) is 26.6. The maximum atomic E-state index is 13.4. The van der Waals surface area contributed by atoms with E-state index >= 15 is 0 Å². The number of aromatic amines is 1. The number of hydrogen-bond acceptors (Lipinski definition) is 6. The lowest BCUT2D eigenvalue weighted by molar-refractivity contribution is 0.0778. The van der Waals surface area contributed by atoms with E-state index in [2.05, 4.69) is 32.6 Å². The van der Waals surface area contributed by atoms with E-state index in [9.17, 15) is 9.59 Å². The Kier molecular flexibility index (Phi) is 7.67. The van der Waals surface area contributed by atoms with Gasteiger partial charge in [0.05, 0.1) is 6.54 Å². The van der Waals surface area contributed by atoms with Gasteiger partial charge in [-0.15, -0.1) is 20.0 Å². The van der Waals surface area contributed by atoms with Crippen molar-refractivity contribution < 1.29 is 4.79 Å². The fraction of sp³-hybridized carbons (Fsp3) is 0.429. The molecule has 0 radical (unpaired) electrons. The van der Waals surface area contributed by atoms with E-state index in [1.165, 1.54) is 0 Å². The summed E-state index contributed by atoms with van der Waals surface area (Å²) < 4.78 is 2.82. The highest BCUT2D eigenvalue weighted by Crippen LogP contribution is 2.30. The summed E-state index contributed by atoms with van der Waals surface area (Å²) in [6, 6.07) is 16.0. The Morgan fingerprint density at radius 1 is 1.00 bits per heavy atom. The Labute approximate surface area is 215 Å². The molecule has 1 fully saturated rings. The van der Waals surface area contributed by atoms with Crippen molar-refractivity contribution in [2.75, 3.05) is 0 Å². The molecule has 2 aromatic heterocycles. The van der Waals surface area contributed by atoms with Gasteiger partial charge in [-0.25, -0.2) is 4.79 Å². The van der Waals surface area contributed by atoms with Crippen LogP contribution in [0.25, 0.3) is 22.5 Å². The van der Waals surface area contributed by atoms with Crippen LogP contribution < -0.4 is 5.69 Å². The second kappa shape index (κ2) is 11.5. The van der Waals surface area contributed by atoms with Gasteiger partial charge in [0, 0.05) is 17.9 Å². The lowest BCUT2D eigenvalue weighted by Gasteiger charge is -2.19. The second-order valence-electron chi connectivity index (χ2n) is 9.80. The number of aryl methyl sites for hydroxylation is 1. The van der Waals surface area contributed by atoms with Gasteiger partial charge >= 0.3 is 5.69 Å². The molecule has 1 aliphatic rings. The lowest BCUT2D eigenvalue weighted by atomic mass is 9.89. The van der Waals surface area contributed by atoms with Crippen LogP contribution in [-0.2, 0) is 13.0 Å². The molecule has 9 heteroatoms. The minimum absolute atomic E-state index is 0.100. The molecule has 2 aromatic carbocycles. The van der Waals surface area contributed by atoms with E-state index in [1.54, 1.807) is 4.57 Å². The van der Waals surface area contributed by atoms with Gasteiger partial charge in [0.1, 0.15) is 5.82 Å². The number of H-pyrrole nitrogens is 1. The van der Waals surface area contributed by atoms with Crippen molar-refractivity contribution in [2.24, 2.45) is 5.92 Å². The van der Waals surface area contributed by atoms with Crippen molar-refractivity contribution >= 4 is 5.91 Å². The van der Waals surface area contributed by atoms with Crippen LogP contribution in [0.1, 0.15) is 74.5 Å². The lowest BCUT2D eigenvalue weighted by Crippen LogP contribution is -2.35. The van der Waals surface area contributed by atoms with Gasteiger partial charge in [-0.3, -0.25) is 9.36 Å². The summed E-state index contributed by atoms with van der Waals surface area (Å²) in [7, 11) is 0. The predicted octanol–water partition coefficient (Wildman–Crippen LogP) is 4.89. The van der Waals surface area contributed by atoms with Crippen LogP contribution in [0.5, 0.6) is 0 Å². The normalized spacial score (nSPS) is 14.2. The summed E-state index contributed by atoms with van der Waals surface area (Å²) in [5.41, 5.74) is 3.56. The molecule has 0 amide bonds. The van der Waals surface area contributed by atoms with Crippen LogP contribution in [0.4, 0.5) is 0 Å². The zero-order valence-corrected chi connectivity index (χ0v) is 21.3. The Bertz CT molecular complexity index is 1380. The molecule has 2 heterocycles. The topological polar surface area (TPSA) is 111 Å².